The van der Waals surface area contributed by atoms with Gasteiger partial charge in [0.2, 0.25) is 0 Å². The number of hydrogen-bond acceptors (Lipinski definition) is 2. The highest BCUT2D eigenvalue weighted by molar-refractivity contribution is 5.73. The van der Waals surface area contributed by atoms with Gasteiger partial charge >= 0.3 is 0 Å². The van der Waals surface area contributed by atoms with Crippen molar-refractivity contribution < 1.29 is 4.39 Å². The van der Waals surface area contributed by atoms with Gasteiger partial charge in [-0.05, 0) is 6.92 Å². The van der Waals surface area contributed by atoms with Crippen molar-refractivity contribution in [3.8, 4) is 0 Å². The van der Waals surface area contributed by atoms with Gasteiger partial charge in [-0.2, -0.15) is 5.10 Å². The predicted molar refractivity (Wildman–Crippen MR) is 38.6 cm³/mol. The molecule has 1 N–H and O–H groups in total. The van der Waals surface area contributed by atoms with Gasteiger partial charge in [-0.1, -0.05) is 0 Å². The quantitative estimate of drug-likeness (QED) is 0.618. The lowest BCUT2D eigenvalue weighted by Gasteiger charge is -1.93. The van der Waals surface area contributed by atoms with E-state index in [0.717, 1.165) is 0 Å². The van der Waals surface area contributed by atoms with Crippen molar-refractivity contribution in [2.45, 2.75) is 6.92 Å². The van der Waals surface area contributed by atoms with Crippen LogP contribution in [0.1, 0.15) is 5.69 Å². The Morgan fingerprint density at radius 3 is 3.18 bits per heavy atom. The minimum atomic E-state index is -0.304. The van der Waals surface area contributed by atoms with Crippen molar-refractivity contribution in [3.63, 3.8) is 0 Å². The summed E-state index contributed by atoms with van der Waals surface area (Å²) in [6, 6.07) is 1.39. The molecule has 11 heavy (non-hydrogen) atoms. The fraction of sp³-hybridized carbons (Fsp3) is 0.143. The highest BCUT2D eigenvalue weighted by atomic mass is 19.1. The molecule has 0 aliphatic rings. The molecule has 2 heterocycles. The zero-order chi connectivity index (χ0) is 7.84. The van der Waals surface area contributed by atoms with Crippen LogP contribution in [0.15, 0.2) is 12.3 Å². The largest absolute Gasteiger partial charge is 0.276 e. The Hall–Kier alpha value is -1.45. The van der Waals surface area contributed by atoms with Gasteiger partial charge in [0.25, 0.3) is 0 Å². The lowest BCUT2D eigenvalue weighted by Crippen LogP contribution is -1.86. The second kappa shape index (κ2) is 2.02. The summed E-state index contributed by atoms with van der Waals surface area (Å²) >= 11 is 0. The van der Waals surface area contributed by atoms with Crippen LogP contribution < -0.4 is 0 Å². The Kier molecular flexibility index (Phi) is 1.15. The molecule has 2 aromatic rings. The molecule has 0 fully saturated rings. The number of halogens is 1. The molecular formula is C7H6FN3. The van der Waals surface area contributed by atoms with Gasteiger partial charge < -0.3 is 0 Å². The van der Waals surface area contributed by atoms with Crippen molar-refractivity contribution in [3.05, 3.63) is 23.8 Å². The molecule has 0 atom stereocenters. The summed E-state index contributed by atoms with van der Waals surface area (Å²) in [4.78, 5) is 3.97. The summed E-state index contributed by atoms with van der Waals surface area (Å²) in [6.07, 6.45) is 1.57. The molecule has 56 valence electrons. The minimum Gasteiger partial charge on any atom is -0.276 e. The minimum absolute atomic E-state index is 0.304. The summed E-state index contributed by atoms with van der Waals surface area (Å²) in [7, 11) is 0. The first kappa shape index (κ1) is 6.27. The van der Waals surface area contributed by atoms with Gasteiger partial charge in [0, 0.05) is 6.07 Å². The van der Waals surface area contributed by atoms with E-state index in [0.29, 0.717) is 16.7 Å². The van der Waals surface area contributed by atoms with E-state index >= 15 is 0 Å². The third kappa shape index (κ3) is 0.869. The molecule has 0 radical (unpaired) electrons. The van der Waals surface area contributed by atoms with Gasteiger partial charge in [0.1, 0.15) is 11.3 Å². The fourth-order valence-corrected chi connectivity index (χ4v) is 0.950. The number of H-pyrrole nitrogens is 1. The molecular weight excluding hydrogens is 145 g/mol. The lowest BCUT2D eigenvalue weighted by molar-refractivity contribution is 0.612. The van der Waals surface area contributed by atoms with E-state index in [2.05, 4.69) is 15.2 Å². The van der Waals surface area contributed by atoms with E-state index < -0.39 is 0 Å². The zero-order valence-electron chi connectivity index (χ0n) is 5.93. The third-order valence-electron chi connectivity index (χ3n) is 1.55. The zero-order valence-corrected chi connectivity index (χ0v) is 5.93. The predicted octanol–water partition coefficient (Wildman–Crippen LogP) is 1.41. The summed E-state index contributed by atoms with van der Waals surface area (Å²) < 4.78 is 12.8. The van der Waals surface area contributed by atoms with Gasteiger partial charge in [0.15, 0.2) is 0 Å². The molecule has 0 amide bonds. The first-order valence-corrected chi connectivity index (χ1v) is 3.23. The lowest BCUT2D eigenvalue weighted by atomic mass is 10.3. The molecule has 0 aliphatic heterocycles. The van der Waals surface area contributed by atoms with Crippen molar-refractivity contribution in [2.75, 3.05) is 0 Å². The number of aromatic nitrogens is 3. The first-order chi connectivity index (χ1) is 5.27. The molecule has 2 rings (SSSR count). The topological polar surface area (TPSA) is 41.6 Å². The highest BCUT2D eigenvalue weighted by Gasteiger charge is 2.02. The van der Waals surface area contributed by atoms with Crippen molar-refractivity contribution >= 4 is 11.0 Å². The molecule has 3 nitrogen and oxygen atoms in total. The van der Waals surface area contributed by atoms with Gasteiger partial charge in [-0.3, -0.25) is 5.10 Å². The maximum absolute atomic E-state index is 12.8. The van der Waals surface area contributed by atoms with Crippen molar-refractivity contribution in [2.24, 2.45) is 0 Å². The van der Waals surface area contributed by atoms with Crippen LogP contribution in [-0.4, -0.2) is 15.2 Å². The molecule has 0 saturated carbocycles. The fourth-order valence-electron chi connectivity index (χ4n) is 0.950. The number of rotatable bonds is 0. The molecule has 4 heteroatoms. The second-order valence-electron chi connectivity index (χ2n) is 2.36. The average Bonchev–Trinajstić information content (AvgIpc) is 2.36. The molecule has 0 unspecified atom stereocenters. The van der Waals surface area contributed by atoms with E-state index in [4.69, 9.17) is 0 Å². The smallest absolute Gasteiger partial charge is 0.146 e. The van der Waals surface area contributed by atoms with Crippen LogP contribution in [0, 0.1) is 12.7 Å². The molecule has 2 aromatic heterocycles. The van der Waals surface area contributed by atoms with E-state index in [9.17, 15) is 4.39 Å². The van der Waals surface area contributed by atoms with Gasteiger partial charge in [-0.15, -0.1) is 0 Å². The Bertz CT molecular complexity index is 357. The molecule has 0 spiro atoms. The number of aryl methyl sites for hydroxylation is 1. The maximum atomic E-state index is 12.8. The number of nitrogens with zero attached hydrogens (tertiary/aromatic N) is 2. The summed E-state index contributed by atoms with van der Waals surface area (Å²) in [5, 5.41) is 6.36. The number of aromatic amines is 1. The maximum Gasteiger partial charge on any atom is 0.146 e. The highest BCUT2D eigenvalue weighted by Crippen LogP contribution is 2.11. The van der Waals surface area contributed by atoms with Gasteiger partial charge in [-0.25, -0.2) is 9.37 Å². The molecule has 0 aromatic carbocycles. The molecule has 0 saturated heterocycles. The monoisotopic (exact) mass is 151 g/mol. The first-order valence-electron chi connectivity index (χ1n) is 3.23. The molecule has 0 aliphatic carbocycles. The SMILES string of the molecule is Cc1nc2cn[nH]c2cc1F. The van der Waals surface area contributed by atoms with Crippen molar-refractivity contribution in [1.29, 1.82) is 0 Å². The van der Waals surface area contributed by atoms with E-state index in [1.165, 1.54) is 6.07 Å². The summed E-state index contributed by atoms with van der Waals surface area (Å²) in [6.45, 7) is 1.63. The van der Waals surface area contributed by atoms with Crippen LogP contribution in [0.25, 0.3) is 11.0 Å². The Balaban J connectivity index is 2.86. The number of fused-ring (bicyclic) bond motifs is 1. The number of nitrogens with one attached hydrogen (secondary N) is 1. The Morgan fingerprint density at radius 2 is 2.36 bits per heavy atom. The van der Waals surface area contributed by atoms with Crippen LogP contribution in [0.5, 0.6) is 0 Å². The van der Waals surface area contributed by atoms with Crippen LogP contribution >= 0.6 is 0 Å². The number of pyridine rings is 1. The second-order valence-corrected chi connectivity index (χ2v) is 2.36. The van der Waals surface area contributed by atoms with Crippen LogP contribution in [0.4, 0.5) is 4.39 Å². The van der Waals surface area contributed by atoms with E-state index in [1.807, 2.05) is 0 Å². The standard InChI is InChI=1S/C7H6FN3/c1-4-5(8)2-6-7(10-4)3-9-11-6/h2-3H,1H3,(H,9,11). The summed E-state index contributed by atoms with van der Waals surface area (Å²) in [5.41, 5.74) is 1.73. The van der Waals surface area contributed by atoms with Crippen molar-refractivity contribution in [1.82, 2.24) is 15.2 Å². The Morgan fingerprint density at radius 1 is 1.55 bits per heavy atom. The van der Waals surface area contributed by atoms with Gasteiger partial charge in [0.05, 0.1) is 17.4 Å². The van der Waals surface area contributed by atoms with Crippen LogP contribution in [-0.2, 0) is 0 Å². The van der Waals surface area contributed by atoms with Crippen LogP contribution in [0.2, 0.25) is 0 Å². The normalized spacial score (nSPS) is 10.7. The van der Waals surface area contributed by atoms with E-state index in [1.54, 1.807) is 13.1 Å². The number of hydrogen-bond donors (Lipinski definition) is 1. The summed E-state index contributed by atoms with van der Waals surface area (Å²) in [5.74, 6) is -0.304. The third-order valence-corrected chi connectivity index (χ3v) is 1.55. The average molecular weight is 151 g/mol. The molecule has 0 bridgehead atoms. The van der Waals surface area contributed by atoms with E-state index in [-0.39, 0.29) is 5.82 Å². The Labute approximate surface area is 62.3 Å². The van der Waals surface area contributed by atoms with Crippen LogP contribution in [0.3, 0.4) is 0 Å².